The van der Waals surface area contributed by atoms with Crippen LogP contribution in [0.2, 0.25) is 0 Å². The van der Waals surface area contributed by atoms with Crippen molar-refractivity contribution in [1.29, 1.82) is 0 Å². The summed E-state index contributed by atoms with van der Waals surface area (Å²) < 4.78 is 26.4. The number of nitrogens with one attached hydrogen (secondary N) is 1. The Bertz CT molecular complexity index is 374. The van der Waals surface area contributed by atoms with Gasteiger partial charge in [0.2, 0.25) is 0 Å². The number of hydrogen-bond acceptors (Lipinski definition) is 1. The molecule has 0 amide bonds. The van der Waals surface area contributed by atoms with E-state index in [0.29, 0.717) is 18.2 Å². The Hall–Kier alpha value is -0.960. The highest BCUT2D eigenvalue weighted by Crippen LogP contribution is 2.34. The van der Waals surface area contributed by atoms with Gasteiger partial charge in [0.05, 0.1) is 0 Å². The Morgan fingerprint density at radius 2 is 2.12 bits per heavy atom. The van der Waals surface area contributed by atoms with Gasteiger partial charge >= 0.3 is 0 Å². The molecule has 3 heteroatoms. The highest BCUT2D eigenvalue weighted by Gasteiger charge is 2.24. The molecule has 1 saturated carbocycles. The van der Waals surface area contributed by atoms with Gasteiger partial charge in [-0.2, -0.15) is 0 Å². The molecule has 0 aliphatic heterocycles. The van der Waals surface area contributed by atoms with Crippen molar-refractivity contribution in [2.45, 2.75) is 45.2 Å². The number of halogens is 2. The predicted molar refractivity (Wildman–Crippen MR) is 64.6 cm³/mol. The predicted octanol–water partition coefficient (Wildman–Crippen LogP) is 3.63. The molecule has 0 radical (unpaired) electrons. The van der Waals surface area contributed by atoms with Crippen molar-refractivity contribution in [2.75, 3.05) is 0 Å². The van der Waals surface area contributed by atoms with Crippen LogP contribution in [0.5, 0.6) is 0 Å². The number of rotatable bonds is 6. The molecule has 1 aliphatic carbocycles. The SMILES string of the molecule is CCC(CC1CC1)NCc1cccc(F)c1F. The lowest BCUT2D eigenvalue weighted by molar-refractivity contribution is 0.432. The van der Waals surface area contributed by atoms with Crippen LogP contribution in [-0.2, 0) is 6.54 Å². The highest BCUT2D eigenvalue weighted by atomic mass is 19.2. The fourth-order valence-electron chi connectivity index (χ4n) is 2.09. The summed E-state index contributed by atoms with van der Waals surface area (Å²) in [4.78, 5) is 0. The minimum Gasteiger partial charge on any atom is -0.310 e. The second-order valence-electron chi connectivity index (χ2n) is 4.88. The van der Waals surface area contributed by atoms with Crippen LogP contribution in [0.15, 0.2) is 18.2 Å². The fourth-order valence-corrected chi connectivity index (χ4v) is 2.09. The normalized spacial score (nSPS) is 17.1. The first-order valence-electron chi connectivity index (χ1n) is 6.37. The van der Waals surface area contributed by atoms with Crippen LogP contribution < -0.4 is 5.32 Å². The number of benzene rings is 1. The van der Waals surface area contributed by atoms with Crippen molar-refractivity contribution in [2.24, 2.45) is 5.92 Å². The Morgan fingerprint density at radius 1 is 1.35 bits per heavy atom. The van der Waals surface area contributed by atoms with Gasteiger partial charge in [0.25, 0.3) is 0 Å². The zero-order chi connectivity index (χ0) is 12.3. The molecule has 17 heavy (non-hydrogen) atoms. The van der Waals surface area contributed by atoms with Gasteiger partial charge in [-0.15, -0.1) is 0 Å². The molecule has 94 valence electrons. The topological polar surface area (TPSA) is 12.0 Å². The average Bonchev–Trinajstić information content (AvgIpc) is 3.13. The van der Waals surface area contributed by atoms with E-state index in [1.807, 2.05) is 0 Å². The largest absolute Gasteiger partial charge is 0.310 e. The molecule has 1 atom stereocenters. The smallest absolute Gasteiger partial charge is 0.163 e. The molecule has 1 N–H and O–H groups in total. The minimum absolute atomic E-state index is 0.412. The van der Waals surface area contributed by atoms with Gasteiger partial charge in [0, 0.05) is 18.2 Å². The summed E-state index contributed by atoms with van der Waals surface area (Å²) >= 11 is 0. The van der Waals surface area contributed by atoms with Gasteiger partial charge in [-0.1, -0.05) is 31.9 Å². The van der Waals surface area contributed by atoms with Crippen LogP contribution in [0.25, 0.3) is 0 Å². The van der Waals surface area contributed by atoms with E-state index in [1.165, 1.54) is 12.8 Å². The van der Waals surface area contributed by atoms with Gasteiger partial charge in [0.15, 0.2) is 11.6 Å². The van der Waals surface area contributed by atoms with E-state index in [4.69, 9.17) is 0 Å². The molecule has 0 spiro atoms. The first kappa shape index (κ1) is 12.5. The Balaban J connectivity index is 1.88. The maximum absolute atomic E-state index is 13.4. The maximum atomic E-state index is 13.4. The van der Waals surface area contributed by atoms with E-state index in [-0.39, 0.29) is 0 Å². The van der Waals surface area contributed by atoms with E-state index in [0.717, 1.165) is 24.8 Å². The van der Waals surface area contributed by atoms with E-state index >= 15 is 0 Å². The zero-order valence-corrected chi connectivity index (χ0v) is 10.2. The van der Waals surface area contributed by atoms with Gasteiger partial charge in [-0.25, -0.2) is 8.78 Å². The van der Waals surface area contributed by atoms with Crippen LogP contribution in [0, 0.1) is 17.6 Å². The zero-order valence-electron chi connectivity index (χ0n) is 10.2. The van der Waals surface area contributed by atoms with Crippen molar-refractivity contribution in [1.82, 2.24) is 5.32 Å². The first-order chi connectivity index (χ1) is 8.20. The van der Waals surface area contributed by atoms with Crippen molar-refractivity contribution in [3.05, 3.63) is 35.4 Å². The summed E-state index contributed by atoms with van der Waals surface area (Å²) in [6.45, 7) is 2.54. The third-order valence-electron chi connectivity index (χ3n) is 3.42. The van der Waals surface area contributed by atoms with Crippen LogP contribution in [0.4, 0.5) is 8.78 Å². The molecular weight excluding hydrogens is 220 g/mol. The summed E-state index contributed by atoms with van der Waals surface area (Å²) in [5, 5.41) is 3.32. The molecule has 0 heterocycles. The van der Waals surface area contributed by atoms with E-state index < -0.39 is 11.6 Å². The minimum atomic E-state index is -0.764. The molecule has 1 aliphatic rings. The lowest BCUT2D eigenvalue weighted by Gasteiger charge is -2.16. The molecule has 0 bridgehead atoms. The third-order valence-corrected chi connectivity index (χ3v) is 3.42. The van der Waals surface area contributed by atoms with Gasteiger partial charge in [0.1, 0.15) is 0 Å². The van der Waals surface area contributed by atoms with Crippen LogP contribution in [-0.4, -0.2) is 6.04 Å². The van der Waals surface area contributed by atoms with Crippen LogP contribution in [0.3, 0.4) is 0 Å². The van der Waals surface area contributed by atoms with Crippen molar-refractivity contribution in [3.8, 4) is 0 Å². The number of hydrogen-bond donors (Lipinski definition) is 1. The van der Waals surface area contributed by atoms with Crippen molar-refractivity contribution < 1.29 is 8.78 Å². The molecule has 0 saturated heterocycles. The molecule has 1 unspecified atom stereocenters. The summed E-state index contributed by atoms with van der Waals surface area (Å²) in [5.74, 6) is -0.634. The molecule has 1 fully saturated rings. The second kappa shape index (κ2) is 5.58. The lowest BCUT2D eigenvalue weighted by atomic mass is 10.1. The lowest BCUT2D eigenvalue weighted by Crippen LogP contribution is -2.28. The summed E-state index contributed by atoms with van der Waals surface area (Å²) in [5.41, 5.74) is 0.416. The molecule has 1 nitrogen and oxygen atoms in total. The third kappa shape index (κ3) is 3.50. The average molecular weight is 239 g/mol. The quantitative estimate of drug-likeness (QED) is 0.799. The monoisotopic (exact) mass is 239 g/mol. The molecule has 0 aromatic heterocycles. The summed E-state index contributed by atoms with van der Waals surface area (Å²) in [7, 11) is 0. The standard InChI is InChI=1S/C14H19F2N/c1-2-12(8-10-6-7-10)17-9-11-4-3-5-13(15)14(11)16/h3-5,10,12,17H,2,6-9H2,1H3. The Labute approximate surface area is 101 Å². The molecule has 2 rings (SSSR count). The summed E-state index contributed by atoms with van der Waals surface area (Å²) in [6.07, 6.45) is 4.85. The fraction of sp³-hybridized carbons (Fsp3) is 0.571. The summed E-state index contributed by atoms with van der Waals surface area (Å²) in [6, 6.07) is 4.76. The van der Waals surface area contributed by atoms with Crippen LogP contribution in [0.1, 0.15) is 38.2 Å². The Kier molecular flexibility index (Phi) is 4.11. The van der Waals surface area contributed by atoms with E-state index in [9.17, 15) is 8.78 Å². The molecular formula is C14H19F2N. The van der Waals surface area contributed by atoms with Crippen molar-refractivity contribution >= 4 is 0 Å². The van der Waals surface area contributed by atoms with Crippen LogP contribution >= 0.6 is 0 Å². The van der Waals surface area contributed by atoms with Gasteiger partial charge in [-0.05, 0) is 24.8 Å². The van der Waals surface area contributed by atoms with E-state index in [1.54, 1.807) is 12.1 Å². The Morgan fingerprint density at radius 3 is 2.76 bits per heavy atom. The van der Waals surface area contributed by atoms with Gasteiger partial charge < -0.3 is 5.32 Å². The second-order valence-corrected chi connectivity index (χ2v) is 4.88. The van der Waals surface area contributed by atoms with E-state index in [2.05, 4.69) is 12.2 Å². The maximum Gasteiger partial charge on any atom is 0.163 e. The molecule has 1 aromatic rings. The van der Waals surface area contributed by atoms with Gasteiger partial charge in [-0.3, -0.25) is 0 Å². The van der Waals surface area contributed by atoms with Crippen molar-refractivity contribution in [3.63, 3.8) is 0 Å². The highest BCUT2D eigenvalue weighted by molar-refractivity contribution is 5.18. The first-order valence-corrected chi connectivity index (χ1v) is 6.37. The molecule has 1 aromatic carbocycles.